The van der Waals surface area contributed by atoms with Crippen LogP contribution < -0.4 is 14.7 Å². The van der Waals surface area contributed by atoms with Crippen molar-refractivity contribution in [1.29, 1.82) is 0 Å². The summed E-state index contributed by atoms with van der Waals surface area (Å²) >= 11 is 0. The summed E-state index contributed by atoms with van der Waals surface area (Å²) in [5, 5.41) is 32.8. The van der Waals surface area contributed by atoms with Gasteiger partial charge in [-0.05, 0) is 89.8 Å². The van der Waals surface area contributed by atoms with E-state index in [4.69, 9.17) is 0 Å². The second-order valence-corrected chi connectivity index (χ2v) is 12.0. The van der Waals surface area contributed by atoms with E-state index < -0.39 is 17.6 Å². The van der Waals surface area contributed by atoms with E-state index in [0.29, 0.717) is 0 Å². The van der Waals surface area contributed by atoms with Gasteiger partial charge in [-0.15, -0.1) is 0 Å². The Morgan fingerprint density at radius 2 is 1.44 bits per heavy atom. The molecule has 0 aliphatic carbocycles. The molecule has 0 atom stereocenters. The summed E-state index contributed by atoms with van der Waals surface area (Å²) in [7, 11) is 3.78. The quantitative estimate of drug-likeness (QED) is 0.200. The average molecular weight is 610 g/mol. The molecule has 3 aromatic carbocycles. The maximum Gasteiger partial charge on any atom is 0.263 e. The summed E-state index contributed by atoms with van der Waals surface area (Å²) in [5.41, 5.74) is 5.07. The van der Waals surface area contributed by atoms with Crippen molar-refractivity contribution in [2.24, 2.45) is 0 Å². The largest absolute Gasteiger partial charge is 0.508 e. The van der Waals surface area contributed by atoms with Crippen LogP contribution in [0.25, 0.3) is 0 Å². The molecule has 236 valence electrons. The molecule has 0 radical (unpaired) electrons. The van der Waals surface area contributed by atoms with E-state index in [-0.39, 0.29) is 46.2 Å². The standard InChI is InChI=1S/C37H43N3O5/c1-24(2)10-7-11-25(3)12-8-13-26(4)20-21-39-31-22-29(41)23-33(43)35(31)40(34-30(37(39)45)14-9-15-32(34)42)36(44)27-16-18-28(19-17-27)38(5)6/h9-10,12,14-20,22-23,41-43H,7-8,11,13,21H2,1-6H3/b25-12+,26-20+. The molecule has 4 rings (SSSR count). The zero-order chi connectivity index (χ0) is 32.8. The number of hydrogen-bond donors (Lipinski definition) is 3. The van der Waals surface area contributed by atoms with Crippen LogP contribution >= 0.6 is 0 Å². The van der Waals surface area contributed by atoms with Crippen LogP contribution in [0, 0.1) is 0 Å². The number of carbonyl (C=O) groups is 2. The maximum atomic E-state index is 14.2. The van der Waals surface area contributed by atoms with Crippen LogP contribution in [0.15, 0.2) is 89.5 Å². The van der Waals surface area contributed by atoms with Crippen molar-refractivity contribution in [1.82, 2.24) is 0 Å². The molecule has 0 spiro atoms. The van der Waals surface area contributed by atoms with Crippen molar-refractivity contribution < 1.29 is 24.9 Å². The van der Waals surface area contributed by atoms with Crippen LogP contribution in [0.5, 0.6) is 17.2 Å². The van der Waals surface area contributed by atoms with Gasteiger partial charge in [0.15, 0.2) is 0 Å². The number of benzene rings is 3. The lowest BCUT2D eigenvalue weighted by Crippen LogP contribution is -2.30. The highest BCUT2D eigenvalue weighted by Gasteiger charge is 2.38. The Labute approximate surface area is 265 Å². The van der Waals surface area contributed by atoms with Crippen LogP contribution in [-0.4, -0.2) is 47.8 Å². The molecule has 1 heterocycles. The molecular formula is C37H43N3O5. The molecule has 8 nitrogen and oxygen atoms in total. The van der Waals surface area contributed by atoms with Crippen molar-refractivity contribution in [3.63, 3.8) is 0 Å². The number of fused-ring (bicyclic) bond motifs is 2. The highest BCUT2D eigenvalue weighted by atomic mass is 16.3. The minimum Gasteiger partial charge on any atom is -0.508 e. The van der Waals surface area contributed by atoms with Gasteiger partial charge in [0.25, 0.3) is 11.8 Å². The average Bonchev–Trinajstić information content (AvgIpc) is 3.08. The van der Waals surface area contributed by atoms with Crippen molar-refractivity contribution in [3.05, 3.63) is 101 Å². The maximum absolute atomic E-state index is 14.2. The zero-order valence-electron chi connectivity index (χ0n) is 27.0. The van der Waals surface area contributed by atoms with Crippen molar-refractivity contribution >= 4 is 34.6 Å². The predicted molar refractivity (Wildman–Crippen MR) is 182 cm³/mol. The molecular weight excluding hydrogens is 566 g/mol. The van der Waals surface area contributed by atoms with Gasteiger partial charge in [0, 0.05) is 44.0 Å². The number of anilines is 4. The summed E-state index contributed by atoms with van der Waals surface area (Å²) in [6.07, 6.45) is 10.1. The normalized spacial score (nSPS) is 13.2. The Hall–Kier alpha value is -4.98. The molecule has 0 bridgehead atoms. The molecule has 0 saturated carbocycles. The van der Waals surface area contributed by atoms with E-state index in [1.54, 1.807) is 36.4 Å². The molecule has 0 unspecified atom stereocenters. The Bertz CT molecular complexity index is 1660. The summed E-state index contributed by atoms with van der Waals surface area (Å²) in [6.45, 7) is 8.47. The Kier molecular flexibility index (Phi) is 10.4. The van der Waals surface area contributed by atoms with E-state index in [0.717, 1.165) is 47.9 Å². The third-order valence-corrected chi connectivity index (χ3v) is 7.86. The molecule has 0 fully saturated rings. The lowest BCUT2D eigenvalue weighted by atomic mass is 10.1. The number of phenols is 3. The van der Waals surface area contributed by atoms with Crippen LogP contribution in [0.2, 0.25) is 0 Å². The van der Waals surface area contributed by atoms with Gasteiger partial charge in [0.1, 0.15) is 28.6 Å². The van der Waals surface area contributed by atoms with Gasteiger partial charge >= 0.3 is 0 Å². The van der Waals surface area contributed by atoms with Gasteiger partial charge in [-0.2, -0.15) is 0 Å². The number of nitrogens with zero attached hydrogens (tertiary/aromatic N) is 3. The first-order chi connectivity index (χ1) is 21.4. The minimum absolute atomic E-state index is 0.0101. The molecule has 3 aromatic rings. The second-order valence-electron chi connectivity index (χ2n) is 12.0. The van der Waals surface area contributed by atoms with Gasteiger partial charge in [0.05, 0.1) is 11.3 Å². The van der Waals surface area contributed by atoms with Crippen LogP contribution in [0.3, 0.4) is 0 Å². The monoisotopic (exact) mass is 609 g/mol. The number of phenolic OH excluding ortho intramolecular Hbond substituents is 3. The number of hydrogen-bond acceptors (Lipinski definition) is 6. The first-order valence-corrected chi connectivity index (χ1v) is 15.1. The Morgan fingerprint density at radius 3 is 2.09 bits per heavy atom. The Morgan fingerprint density at radius 1 is 0.800 bits per heavy atom. The number of aromatic hydroxyl groups is 3. The smallest absolute Gasteiger partial charge is 0.263 e. The first kappa shape index (κ1) is 32.9. The first-order valence-electron chi connectivity index (χ1n) is 15.1. The van der Waals surface area contributed by atoms with E-state index in [2.05, 4.69) is 32.9 Å². The fourth-order valence-electron chi connectivity index (χ4n) is 5.33. The van der Waals surface area contributed by atoms with Crippen molar-refractivity contribution in [3.8, 4) is 17.2 Å². The van der Waals surface area contributed by atoms with E-state index in [9.17, 15) is 24.9 Å². The molecule has 45 heavy (non-hydrogen) atoms. The Balaban J connectivity index is 1.73. The topological polar surface area (TPSA) is 105 Å². The fourth-order valence-corrected chi connectivity index (χ4v) is 5.33. The zero-order valence-corrected chi connectivity index (χ0v) is 27.0. The number of amides is 2. The van der Waals surface area contributed by atoms with E-state index in [1.165, 1.54) is 28.2 Å². The SMILES string of the molecule is CC(C)=CCC/C(C)=C/CC/C(C)=C/CN1C(=O)c2cccc(O)c2N(C(=O)c2ccc(N(C)C)cc2)c2c(O)cc(O)cc21. The van der Waals surface area contributed by atoms with Gasteiger partial charge in [-0.1, -0.05) is 41.0 Å². The molecule has 8 heteroatoms. The van der Waals surface area contributed by atoms with E-state index >= 15 is 0 Å². The molecule has 2 amide bonds. The third-order valence-electron chi connectivity index (χ3n) is 7.86. The minimum atomic E-state index is -0.557. The van der Waals surface area contributed by atoms with Crippen LogP contribution in [0.4, 0.5) is 22.7 Å². The van der Waals surface area contributed by atoms with Crippen LogP contribution in [-0.2, 0) is 0 Å². The fraction of sp³-hybridized carbons (Fsp3) is 0.297. The van der Waals surface area contributed by atoms with Gasteiger partial charge < -0.3 is 25.1 Å². The number of allylic oxidation sites excluding steroid dienone is 5. The van der Waals surface area contributed by atoms with Crippen molar-refractivity contribution in [2.45, 2.75) is 53.4 Å². The van der Waals surface area contributed by atoms with Gasteiger partial charge in [-0.3, -0.25) is 14.5 Å². The third kappa shape index (κ3) is 7.58. The molecule has 1 aliphatic rings. The highest BCUT2D eigenvalue weighted by molar-refractivity contribution is 6.23. The summed E-state index contributed by atoms with van der Waals surface area (Å²) in [5.74, 6) is -2.01. The molecule has 3 N–H and O–H groups in total. The summed E-state index contributed by atoms with van der Waals surface area (Å²) in [4.78, 5) is 32.8. The predicted octanol–water partition coefficient (Wildman–Crippen LogP) is 8.23. The molecule has 1 aliphatic heterocycles. The summed E-state index contributed by atoms with van der Waals surface area (Å²) in [6, 6.07) is 13.8. The van der Waals surface area contributed by atoms with Gasteiger partial charge in [0.2, 0.25) is 0 Å². The number of para-hydroxylation sites is 1. The lowest BCUT2D eigenvalue weighted by molar-refractivity contribution is 0.0990. The van der Waals surface area contributed by atoms with E-state index in [1.807, 2.05) is 32.0 Å². The van der Waals surface area contributed by atoms with Gasteiger partial charge in [-0.25, -0.2) is 0 Å². The van der Waals surface area contributed by atoms with Crippen molar-refractivity contribution in [2.75, 3.05) is 35.3 Å². The lowest BCUT2D eigenvalue weighted by Gasteiger charge is -2.27. The number of carbonyl (C=O) groups excluding carboxylic acids is 2. The van der Waals surface area contributed by atoms with Crippen LogP contribution in [0.1, 0.15) is 74.1 Å². The second kappa shape index (κ2) is 14.2. The highest BCUT2D eigenvalue weighted by Crippen LogP contribution is 2.50. The molecule has 0 aromatic heterocycles. The summed E-state index contributed by atoms with van der Waals surface area (Å²) < 4.78 is 0. The molecule has 0 saturated heterocycles. The number of rotatable bonds is 10.